The molecule has 0 aromatic heterocycles. The summed E-state index contributed by atoms with van der Waals surface area (Å²) in [4.78, 5) is 0. The summed E-state index contributed by atoms with van der Waals surface area (Å²) >= 11 is 0. The van der Waals surface area contributed by atoms with Crippen LogP contribution in [0, 0.1) is 0 Å². The molecule has 0 amide bonds. The summed E-state index contributed by atoms with van der Waals surface area (Å²) in [6, 6.07) is 20.3. The molecule has 96 valence electrons. The number of hydrogen-bond donors (Lipinski definition) is 1. The summed E-state index contributed by atoms with van der Waals surface area (Å²) in [6.07, 6.45) is 0. The molecule has 0 radical (unpaired) electrons. The van der Waals surface area contributed by atoms with Crippen LogP contribution < -0.4 is 5.32 Å². The van der Waals surface area contributed by atoms with E-state index in [0.717, 1.165) is 11.4 Å². The smallest absolute Gasteiger partial charge is 0.759 e. The van der Waals surface area contributed by atoms with Crippen LogP contribution in [-0.4, -0.2) is 66.4 Å². The van der Waals surface area contributed by atoms with E-state index in [1.54, 1.807) is 0 Å². The van der Waals surface area contributed by atoms with E-state index in [0.29, 0.717) is 0 Å². The summed E-state index contributed by atoms with van der Waals surface area (Å²) in [5.41, 5.74) is 2.24. The van der Waals surface area contributed by atoms with Crippen LogP contribution in [0.3, 0.4) is 0 Å². The van der Waals surface area contributed by atoms with Gasteiger partial charge in [0.15, 0.2) is 0 Å². The van der Waals surface area contributed by atoms with Crippen LogP contribution >= 0.6 is 0 Å². The molecule has 0 unspecified atom stereocenters. The normalized spacial score (nSPS) is 9.58. The molecule has 0 atom stereocenters. The average Bonchev–Trinajstić information content (AvgIpc) is 2.29. The van der Waals surface area contributed by atoms with E-state index in [-0.39, 0.29) is 48.9 Å². The van der Waals surface area contributed by atoms with Crippen molar-refractivity contribution >= 4 is 70.7 Å². The maximum absolute atomic E-state index is 8.52. The number of para-hydroxylation sites is 2. The maximum atomic E-state index is 8.52. The predicted molar refractivity (Wildman–Crippen MR) is 72.4 cm³/mol. The Balaban J connectivity index is 0.000000471. The van der Waals surface area contributed by atoms with Crippen LogP contribution in [-0.2, 0) is 10.4 Å². The Morgan fingerprint density at radius 1 is 0.737 bits per heavy atom. The van der Waals surface area contributed by atoms with Gasteiger partial charge >= 0.3 is 48.9 Å². The van der Waals surface area contributed by atoms with Crippen molar-refractivity contribution in [3.8, 4) is 0 Å². The first kappa shape index (κ1) is 18.7. The molecule has 0 saturated carbocycles. The van der Waals surface area contributed by atoms with Gasteiger partial charge in [0.1, 0.15) is 0 Å². The molecule has 2 aromatic rings. The van der Waals surface area contributed by atoms with E-state index in [4.69, 9.17) is 17.5 Å². The Bertz CT molecular complexity index is 515. The molecule has 1 N–H and O–H groups in total. The molecule has 2 rings (SSSR count). The van der Waals surface area contributed by atoms with Crippen LogP contribution in [0.25, 0.3) is 0 Å². The van der Waals surface area contributed by atoms with Crippen LogP contribution in [0.4, 0.5) is 11.4 Å². The van der Waals surface area contributed by atoms with Crippen LogP contribution in [0.1, 0.15) is 0 Å². The van der Waals surface area contributed by atoms with Gasteiger partial charge in [-0.1, -0.05) is 36.4 Å². The third-order valence-electron chi connectivity index (χ3n) is 1.84. The van der Waals surface area contributed by atoms with Gasteiger partial charge in [-0.05, 0) is 24.3 Å². The van der Waals surface area contributed by atoms with E-state index in [2.05, 4.69) is 5.32 Å². The molecule has 0 fully saturated rings. The molecule has 0 aliphatic rings. The molecule has 0 spiro atoms. The quantitative estimate of drug-likeness (QED) is 0.469. The van der Waals surface area contributed by atoms with Crippen LogP contribution in [0.2, 0.25) is 0 Å². The van der Waals surface area contributed by atoms with Crippen molar-refractivity contribution in [2.45, 2.75) is 0 Å². The van der Waals surface area contributed by atoms with Gasteiger partial charge in [0, 0.05) is 21.8 Å². The molecular formula is C12H11BaNO4S. The first-order valence-electron chi connectivity index (χ1n) is 4.99. The van der Waals surface area contributed by atoms with Crippen LogP contribution in [0.5, 0.6) is 0 Å². The van der Waals surface area contributed by atoms with Gasteiger partial charge in [-0.15, -0.1) is 0 Å². The standard InChI is InChI=1S/C12H11N.Ba.H2O4S/c1-3-7-11(8-4-1)13-12-9-5-2-6-10-12;;1-5(2,3)4/h1-10,13H;;(H2,1,2,3,4)/q;+2;/p-2. The predicted octanol–water partition coefficient (Wildman–Crippen LogP) is 1.71. The topological polar surface area (TPSA) is 92.3 Å². The second-order valence-electron chi connectivity index (χ2n) is 3.27. The number of hydrogen-bond acceptors (Lipinski definition) is 5. The first-order chi connectivity index (χ1) is 8.45. The maximum Gasteiger partial charge on any atom is 2.00 e. The molecule has 7 heteroatoms. The number of rotatable bonds is 2. The van der Waals surface area contributed by atoms with Crippen molar-refractivity contribution in [2.75, 3.05) is 5.32 Å². The molecule has 0 aliphatic carbocycles. The largest absolute Gasteiger partial charge is 2.00 e. The summed E-state index contributed by atoms with van der Waals surface area (Å²) in [7, 11) is -5.17. The van der Waals surface area contributed by atoms with E-state index in [1.807, 2.05) is 60.7 Å². The van der Waals surface area contributed by atoms with E-state index >= 15 is 0 Å². The van der Waals surface area contributed by atoms with E-state index in [9.17, 15) is 0 Å². The van der Waals surface area contributed by atoms with Gasteiger partial charge in [0.05, 0.1) is 0 Å². The Kier molecular flexibility index (Phi) is 9.40. The van der Waals surface area contributed by atoms with Gasteiger partial charge in [0.2, 0.25) is 0 Å². The molecule has 0 heterocycles. The molecule has 0 aliphatic heterocycles. The van der Waals surface area contributed by atoms with Gasteiger partial charge in [0.25, 0.3) is 0 Å². The summed E-state index contributed by atoms with van der Waals surface area (Å²) in [6.45, 7) is 0. The fraction of sp³-hybridized carbons (Fsp3) is 0. The Hall–Kier alpha value is -0.319. The van der Waals surface area contributed by atoms with Crippen molar-refractivity contribution < 1.29 is 17.5 Å². The van der Waals surface area contributed by atoms with E-state index < -0.39 is 10.4 Å². The zero-order valence-electron chi connectivity index (χ0n) is 10.0. The minimum atomic E-state index is -5.17. The number of benzene rings is 2. The SMILES string of the molecule is O=S(=O)([O-])[O-].[Ba+2].c1ccc(Nc2ccccc2)cc1. The molecule has 0 saturated heterocycles. The molecule has 19 heavy (non-hydrogen) atoms. The minimum Gasteiger partial charge on any atom is -0.759 e. The van der Waals surface area contributed by atoms with Crippen molar-refractivity contribution in [1.82, 2.24) is 0 Å². The zero-order chi connectivity index (χ0) is 13.4. The molecule has 2 aromatic carbocycles. The fourth-order valence-corrected chi connectivity index (χ4v) is 1.21. The Morgan fingerprint density at radius 2 is 1.00 bits per heavy atom. The average molecular weight is 403 g/mol. The van der Waals surface area contributed by atoms with Gasteiger partial charge < -0.3 is 14.4 Å². The van der Waals surface area contributed by atoms with Crippen molar-refractivity contribution in [3.05, 3.63) is 60.7 Å². The zero-order valence-corrected chi connectivity index (χ0v) is 15.3. The molecule has 0 bridgehead atoms. The third kappa shape index (κ3) is 11.2. The van der Waals surface area contributed by atoms with Gasteiger partial charge in [-0.25, -0.2) is 0 Å². The second kappa shape index (κ2) is 9.56. The Labute approximate surface area is 152 Å². The minimum absolute atomic E-state index is 0. The number of nitrogens with one attached hydrogen (secondary N) is 1. The van der Waals surface area contributed by atoms with Crippen LogP contribution in [0.15, 0.2) is 60.7 Å². The summed E-state index contributed by atoms with van der Waals surface area (Å²) in [5, 5.41) is 3.30. The van der Waals surface area contributed by atoms with Gasteiger partial charge in [-0.2, -0.15) is 0 Å². The number of anilines is 2. The van der Waals surface area contributed by atoms with E-state index in [1.165, 1.54) is 0 Å². The second-order valence-corrected chi connectivity index (χ2v) is 4.08. The Morgan fingerprint density at radius 3 is 1.26 bits per heavy atom. The van der Waals surface area contributed by atoms with Gasteiger partial charge in [-0.3, -0.25) is 8.42 Å². The molecule has 5 nitrogen and oxygen atoms in total. The summed E-state index contributed by atoms with van der Waals surface area (Å²) < 4.78 is 34.1. The summed E-state index contributed by atoms with van der Waals surface area (Å²) in [5.74, 6) is 0. The van der Waals surface area contributed by atoms with Crippen molar-refractivity contribution in [3.63, 3.8) is 0 Å². The van der Waals surface area contributed by atoms with Crippen molar-refractivity contribution in [1.29, 1.82) is 0 Å². The van der Waals surface area contributed by atoms with Crippen molar-refractivity contribution in [2.24, 2.45) is 0 Å². The first-order valence-corrected chi connectivity index (χ1v) is 6.32. The monoisotopic (exact) mass is 403 g/mol. The third-order valence-corrected chi connectivity index (χ3v) is 1.84. The fourth-order valence-electron chi connectivity index (χ4n) is 1.21. The molecular weight excluding hydrogens is 392 g/mol.